The van der Waals surface area contributed by atoms with Crippen molar-refractivity contribution in [2.45, 2.75) is 19.3 Å². The predicted octanol–water partition coefficient (Wildman–Crippen LogP) is 1.65. The van der Waals surface area contributed by atoms with Gasteiger partial charge >= 0.3 is 0 Å². The Morgan fingerprint density at radius 1 is 1.13 bits per heavy atom. The van der Waals surface area contributed by atoms with Gasteiger partial charge in [0.15, 0.2) is 0 Å². The first-order chi connectivity index (χ1) is 7.07. The smallest absolute Gasteiger partial charge is 0.225 e. The lowest BCUT2D eigenvalue weighted by molar-refractivity contribution is 0.601. The standard InChI is InChI=1S/C11H13NO2S/c12-15(13,14)11-7-3-6-9-4-1-2-5-10(9)8-11/h1-2,4-5,8H,3,6-7H2,(H2,12,13,14). The van der Waals surface area contributed by atoms with Crippen LogP contribution in [0.2, 0.25) is 0 Å². The minimum absolute atomic E-state index is 0.340. The number of allylic oxidation sites excluding steroid dienone is 1. The number of aryl methyl sites for hydroxylation is 1. The molecular formula is C11H13NO2S. The quantitative estimate of drug-likeness (QED) is 0.787. The zero-order valence-electron chi connectivity index (χ0n) is 8.31. The van der Waals surface area contributed by atoms with Crippen LogP contribution in [0, 0.1) is 0 Å². The lowest BCUT2D eigenvalue weighted by atomic mass is 10.1. The van der Waals surface area contributed by atoms with Crippen molar-refractivity contribution >= 4 is 16.1 Å². The highest BCUT2D eigenvalue weighted by Gasteiger charge is 2.15. The Morgan fingerprint density at radius 2 is 1.87 bits per heavy atom. The van der Waals surface area contributed by atoms with Crippen molar-refractivity contribution in [1.29, 1.82) is 0 Å². The van der Waals surface area contributed by atoms with E-state index in [2.05, 4.69) is 0 Å². The molecule has 0 radical (unpaired) electrons. The largest absolute Gasteiger partial charge is 0.234 e. The van der Waals surface area contributed by atoms with Crippen molar-refractivity contribution < 1.29 is 8.42 Å². The van der Waals surface area contributed by atoms with E-state index in [0.717, 1.165) is 18.4 Å². The van der Waals surface area contributed by atoms with E-state index in [-0.39, 0.29) is 0 Å². The van der Waals surface area contributed by atoms with Crippen LogP contribution in [0.3, 0.4) is 0 Å². The SMILES string of the molecule is NS(=O)(=O)C1=Cc2ccccc2CCC1. The van der Waals surface area contributed by atoms with Gasteiger partial charge in [0.05, 0.1) is 4.91 Å². The van der Waals surface area contributed by atoms with Gasteiger partial charge in [0, 0.05) is 0 Å². The van der Waals surface area contributed by atoms with Crippen LogP contribution in [0.25, 0.3) is 6.08 Å². The number of nitrogens with two attached hydrogens (primary N) is 1. The molecule has 0 aliphatic heterocycles. The van der Waals surface area contributed by atoms with E-state index in [4.69, 9.17) is 5.14 Å². The van der Waals surface area contributed by atoms with Crippen LogP contribution < -0.4 is 5.14 Å². The van der Waals surface area contributed by atoms with E-state index in [1.807, 2.05) is 24.3 Å². The van der Waals surface area contributed by atoms with E-state index < -0.39 is 10.0 Å². The summed E-state index contributed by atoms with van der Waals surface area (Å²) in [6.07, 6.45) is 3.97. The summed E-state index contributed by atoms with van der Waals surface area (Å²) in [6.45, 7) is 0. The molecule has 1 aromatic rings. The number of fused-ring (bicyclic) bond motifs is 1. The zero-order chi connectivity index (χ0) is 10.9. The topological polar surface area (TPSA) is 60.2 Å². The Balaban J connectivity index is 2.52. The summed E-state index contributed by atoms with van der Waals surface area (Å²) < 4.78 is 22.5. The second-order valence-corrected chi connectivity index (χ2v) is 5.32. The molecular weight excluding hydrogens is 210 g/mol. The number of primary sulfonamides is 1. The van der Waals surface area contributed by atoms with Crippen LogP contribution in [-0.4, -0.2) is 8.42 Å². The molecule has 1 aromatic carbocycles. The number of hydrogen-bond acceptors (Lipinski definition) is 2. The maximum Gasteiger partial charge on any atom is 0.234 e. The third kappa shape index (κ3) is 2.27. The Morgan fingerprint density at radius 3 is 2.60 bits per heavy atom. The highest BCUT2D eigenvalue weighted by atomic mass is 32.2. The molecule has 2 rings (SSSR count). The molecule has 0 saturated heterocycles. The molecule has 0 amide bonds. The van der Waals surface area contributed by atoms with Crippen molar-refractivity contribution in [3.8, 4) is 0 Å². The molecule has 0 unspecified atom stereocenters. The molecule has 15 heavy (non-hydrogen) atoms. The Labute approximate surface area is 89.7 Å². The normalized spacial score (nSPS) is 16.5. The molecule has 0 spiro atoms. The minimum atomic E-state index is -3.53. The summed E-state index contributed by atoms with van der Waals surface area (Å²) in [7, 11) is -3.53. The molecule has 0 saturated carbocycles. The van der Waals surface area contributed by atoms with Gasteiger partial charge in [-0.15, -0.1) is 0 Å². The average molecular weight is 223 g/mol. The predicted molar refractivity (Wildman–Crippen MR) is 60.5 cm³/mol. The van der Waals surface area contributed by atoms with Crippen LogP contribution >= 0.6 is 0 Å². The third-order valence-electron chi connectivity index (χ3n) is 2.61. The van der Waals surface area contributed by atoms with Crippen LogP contribution in [0.4, 0.5) is 0 Å². The first-order valence-corrected chi connectivity index (χ1v) is 6.43. The van der Waals surface area contributed by atoms with Crippen molar-refractivity contribution in [3.63, 3.8) is 0 Å². The molecule has 1 aliphatic carbocycles. The fourth-order valence-electron chi connectivity index (χ4n) is 1.83. The molecule has 1 aliphatic rings. The van der Waals surface area contributed by atoms with Crippen LogP contribution in [0.1, 0.15) is 24.0 Å². The summed E-state index contributed by atoms with van der Waals surface area (Å²) in [5.74, 6) is 0. The molecule has 0 bridgehead atoms. The summed E-state index contributed by atoms with van der Waals surface area (Å²) in [4.78, 5) is 0.340. The molecule has 2 N–H and O–H groups in total. The fraction of sp³-hybridized carbons (Fsp3) is 0.273. The first-order valence-electron chi connectivity index (χ1n) is 4.88. The van der Waals surface area contributed by atoms with Crippen molar-refractivity contribution in [2.75, 3.05) is 0 Å². The van der Waals surface area contributed by atoms with Crippen LogP contribution in [0.15, 0.2) is 29.2 Å². The zero-order valence-corrected chi connectivity index (χ0v) is 9.13. The average Bonchev–Trinajstić information content (AvgIpc) is 2.38. The van der Waals surface area contributed by atoms with Gasteiger partial charge in [-0.2, -0.15) is 0 Å². The van der Waals surface area contributed by atoms with Crippen molar-refractivity contribution in [2.24, 2.45) is 5.14 Å². The lowest BCUT2D eigenvalue weighted by Gasteiger charge is -2.01. The van der Waals surface area contributed by atoms with Gasteiger partial charge in [-0.05, 0) is 36.5 Å². The first kappa shape index (κ1) is 10.4. The molecule has 0 heterocycles. The molecule has 0 fully saturated rings. The van der Waals surface area contributed by atoms with E-state index in [9.17, 15) is 8.42 Å². The van der Waals surface area contributed by atoms with Gasteiger partial charge < -0.3 is 0 Å². The van der Waals surface area contributed by atoms with Gasteiger partial charge in [-0.1, -0.05) is 24.3 Å². The monoisotopic (exact) mass is 223 g/mol. The second-order valence-electron chi connectivity index (χ2n) is 3.71. The van der Waals surface area contributed by atoms with Gasteiger partial charge in [0.25, 0.3) is 0 Å². The van der Waals surface area contributed by atoms with E-state index in [0.29, 0.717) is 11.3 Å². The maximum atomic E-state index is 11.3. The molecule has 80 valence electrons. The highest BCUT2D eigenvalue weighted by molar-refractivity contribution is 7.93. The van der Waals surface area contributed by atoms with Gasteiger partial charge in [-0.25, -0.2) is 13.6 Å². The van der Waals surface area contributed by atoms with Crippen LogP contribution in [-0.2, 0) is 16.4 Å². The van der Waals surface area contributed by atoms with Gasteiger partial charge in [0.1, 0.15) is 0 Å². The van der Waals surface area contributed by atoms with Crippen molar-refractivity contribution in [3.05, 3.63) is 40.3 Å². The summed E-state index contributed by atoms with van der Waals surface area (Å²) in [5.41, 5.74) is 2.16. The number of benzene rings is 1. The number of sulfonamides is 1. The second kappa shape index (κ2) is 3.79. The van der Waals surface area contributed by atoms with Gasteiger partial charge in [-0.3, -0.25) is 0 Å². The number of hydrogen-bond donors (Lipinski definition) is 1. The molecule has 3 nitrogen and oxygen atoms in total. The van der Waals surface area contributed by atoms with Gasteiger partial charge in [0.2, 0.25) is 10.0 Å². The van der Waals surface area contributed by atoms with E-state index in [1.165, 1.54) is 5.56 Å². The highest BCUT2D eigenvalue weighted by Crippen LogP contribution is 2.24. The maximum absolute atomic E-state index is 11.3. The fourth-order valence-corrected chi connectivity index (χ4v) is 2.55. The van der Waals surface area contributed by atoms with Crippen LogP contribution in [0.5, 0.6) is 0 Å². The third-order valence-corrected chi connectivity index (χ3v) is 3.66. The molecule has 0 atom stereocenters. The number of rotatable bonds is 1. The summed E-state index contributed by atoms with van der Waals surface area (Å²) in [6, 6.07) is 7.82. The van der Waals surface area contributed by atoms with E-state index in [1.54, 1.807) is 6.08 Å². The minimum Gasteiger partial charge on any atom is -0.225 e. The molecule has 0 aromatic heterocycles. The summed E-state index contributed by atoms with van der Waals surface area (Å²) >= 11 is 0. The Hall–Kier alpha value is -1.13. The summed E-state index contributed by atoms with van der Waals surface area (Å²) in [5, 5.41) is 5.14. The Kier molecular flexibility index (Phi) is 2.63. The lowest BCUT2D eigenvalue weighted by Crippen LogP contribution is -2.14. The molecule has 4 heteroatoms. The van der Waals surface area contributed by atoms with Crippen molar-refractivity contribution in [1.82, 2.24) is 0 Å². The van der Waals surface area contributed by atoms with E-state index >= 15 is 0 Å². The Bertz CT molecular complexity index is 503.